The van der Waals surface area contributed by atoms with Gasteiger partial charge in [0.25, 0.3) is 0 Å². The molecule has 3 aromatic carbocycles. The van der Waals surface area contributed by atoms with E-state index < -0.39 is 0 Å². The van der Waals surface area contributed by atoms with Crippen molar-refractivity contribution in [3.05, 3.63) is 77.6 Å². The van der Waals surface area contributed by atoms with Crippen LogP contribution >= 0.6 is 0 Å². The molecule has 0 aliphatic carbocycles. The van der Waals surface area contributed by atoms with E-state index in [-0.39, 0.29) is 11.9 Å². The number of methoxy groups -OCH3 is 1. The van der Waals surface area contributed by atoms with Crippen LogP contribution in [0.5, 0.6) is 5.75 Å². The minimum absolute atomic E-state index is 0.277. The molecule has 0 bridgehead atoms. The molecule has 1 unspecified atom stereocenters. The second-order valence-corrected chi connectivity index (χ2v) is 4.94. The molecule has 0 aliphatic heterocycles. The Morgan fingerprint density at radius 3 is 2.43 bits per heavy atom. The van der Waals surface area contributed by atoms with E-state index in [4.69, 9.17) is 10.5 Å². The first kappa shape index (κ1) is 13.6. The van der Waals surface area contributed by atoms with Gasteiger partial charge in [0.05, 0.1) is 13.2 Å². The molecule has 106 valence electrons. The fourth-order valence-electron chi connectivity index (χ4n) is 2.62. The van der Waals surface area contributed by atoms with Crippen LogP contribution in [-0.4, -0.2) is 7.11 Å². The monoisotopic (exact) mass is 281 g/mol. The Morgan fingerprint density at radius 2 is 1.71 bits per heavy atom. The van der Waals surface area contributed by atoms with Crippen molar-refractivity contribution in [3.63, 3.8) is 0 Å². The highest BCUT2D eigenvalue weighted by atomic mass is 19.1. The molecule has 0 saturated carbocycles. The highest BCUT2D eigenvalue weighted by molar-refractivity contribution is 5.91. The predicted octanol–water partition coefficient (Wildman–Crippen LogP) is 4.04. The first-order chi connectivity index (χ1) is 10.2. The first-order valence-electron chi connectivity index (χ1n) is 6.77. The summed E-state index contributed by atoms with van der Waals surface area (Å²) in [7, 11) is 1.65. The molecule has 1 atom stereocenters. The standard InChI is InChI=1S/C18H16FNO/c1-21-17-10-9-16(14-7-2-3-8-15(14)17)18(20)12-5-4-6-13(19)11-12/h2-11,18H,20H2,1H3. The summed E-state index contributed by atoms with van der Waals surface area (Å²) < 4.78 is 18.8. The fraction of sp³-hybridized carbons (Fsp3) is 0.111. The molecule has 2 nitrogen and oxygen atoms in total. The van der Waals surface area contributed by atoms with Crippen molar-refractivity contribution in [2.45, 2.75) is 6.04 Å². The lowest BCUT2D eigenvalue weighted by Gasteiger charge is -2.17. The van der Waals surface area contributed by atoms with E-state index in [1.54, 1.807) is 13.2 Å². The maximum atomic E-state index is 13.4. The minimum atomic E-state index is -0.378. The molecule has 3 aromatic rings. The van der Waals surface area contributed by atoms with Crippen LogP contribution in [0.4, 0.5) is 4.39 Å². The Morgan fingerprint density at radius 1 is 0.952 bits per heavy atom. The number of hydrogen-bond acceptors (Lipinski definition) is 2. The van der Waals surface area contributed by atoms with Gasteiger partial charge >= 0.3 is 0 Å². The van der Waals surface area contributed by atoms with Crippen molar-refractivity contribution in [1.82, 2.24) is 0 Å². The van der Waals surface area contributed by atoms with E-state index in [0.29, 0.717) is 0 Å². The Bertz CT molecular complexity index is 785. The van der Waals surface area contributed by atoms with Gasteiger partial charge in [-0.3, -0.25) is 0 Å². The third-order valence-corrected chi connectivity index (χ3v) is 3.68. The van der Waals surface area contributed by atoms with Gasteiger partial charge in [-0.05, 0) is 34.7 Å². The second kappa shape index (κ2) is 5.54. The molecule has 0 spiro atoms. The van der Waals surface area contributed by atoms with Crippen LogP contribution in [0.3, 0.4) is 0 Å². The molecule has 21 heavy (non-hydrogen) atoms. The van der Waals surface area contributed by atoms with Crippen molar-refractivity contribution in [1.29, 1.82) is 0 Å². The van der Waals surface area contributed by atoms with E-state index >= 15 is 0 Å². The van der Waals surface area contributed by atoms with Gasteiger partial charge < -0.3 is 10.5 Å². The first-order valence-corrected chi connectivity index (χ1v) is 6.77. The molecule has 0 aromatic heterocycles. The molecule has 0 amide bonds. The van der Waals surface area contributed by atoms with Crippen LogP contribution in [0.2, 0.25) is 0 Å². The maximum Gasteiger partial charge on any atom is 0.126 e. The van der Waals surface area contributed by atoms with Crippen molar-refractivity contribution in [3.8, 4) is 5.75 Å². The van der Waals surface area contributed by atoms with E-state index in [2.05, 4.69) is 0 Å². The van der Waals surface area contributed by atoms with Gasteiger partial charge in [0, 0.05) is 5.39 Å². The van der Waals surface area contributed by atoms with Gasteiger partial charge in [0.1, 0.15) is 11.6 Å². The third kappa shape index (κ3) is 2.48. The molecule has 0 heterocycles. The van der Waals surface area contributed by atoms with E-state index in [9.17, 15) is 4.39 Å². The number of hydrogen-bond donors (Lipinski definition) is 1. The van der Waals surface area contributed by atoms with Gasteiger partial charge in [-0.1, -0.05) is 42.5 Å². The summed E-state index contributed by atoms with van der Waals surface area (Å²) in [6.07, 6.45) is 0. The number of nitrogens with two attached hydrogens (primary N) is 1. The fourth-order valence-corrected chi connectivity index (χ4v) is 2.62. The Hall–Kier alpha value is -2.39. The topological polar surface area (TPSA) is 35.2 Å². The number of rotatable bonds is 3. The summed E-state index contributed by atoms with van der Waals surface area (Å²) >= 11 is 0. The SMILES string of the molecule is COc1ccc(C(N)c2cccc(F)c2)c2ccccc12. The highest BCUT2D eigenvalue weighted by Gasteiger charge is 2.14. The lowest BCUT2D eigenvalue weighted by molar-refractivity contribution is 0.419. The summed E-state index contributed by atoms with van der Waals surface area (Å²) in [6.45, 7) is 0. The third-order valence-electron chi connectivity index (χ3n) is 3.68. The van der Waals surface area contributed by atoms with Crippen LogP contribution in [-0.2, 0) is 0 Å². The van der Waals surface area contributed by atoms with Crippen molar-refractivity contribution in [2.24, 2.45) is 5.73 Å². The average Bonchev–Trinajstić information content (AvgIpc) is 2.53. The van der Waals surface area contributed by atoms with E-state index in [1.165, 1.54) is 12.1 Å². The van der Waals surface area contributed by atoms with Crippen LogP contribution in [0.15, 0.2) is 60.7 Å². The number of fused-ring (bicyclic) bond motifs is 1. The molecule has 0 saturated heterocycles. The Kier molecular flexibility index (Phi) is 3.59. The Labute approximate surface area is 123 Å². The quantitative estimate of drug-likeness (QED) is 0.786. The molecular formula is C18H16FNO. The van der Waals surface area contributed by atoms with Crippen LogP contribution < -0.4 is 10.5 Å². The number of ether oxygens (including phenoxy) is 1. The molecule has 3 heteroatoms. The molecule has 0 aliphatic rings. The van der Waals surface area contributed by atoms with E-state index in [1.807, 2.05) is 42.5 Å². The lowest BCUT2D eigenvalue weighted by atomic mass is 9.94. The van der Waals surface area contributed by atoms with Crippen LogP contribution in [0.25, 0.3) is 10.8 Å². The summed E-state index contributed by atoms with van der Waals surface area (Å²) in [6, 6.07) is 17.8. The lowest BCUT2D eigenvalue weighted by Crippen LogP contribution is -2.12. The Balaban J connectivity index is 2.17. The maximum absolute atomic E-state index is 13.4. The summed E-state index contributed by atoms with van der Waals surface area (Å²) in [5.41, 5.74) is 8.05. The summed E-state index contributed by atoms with van der Waals surface area (Å²) in [4.78, 5) is 0. The number of halogens is 1. The van der Waals surface area contributed by atoms with Crippen LogP contribution in [0, 0.1) is 5.82 Å². The number of benzene rings is 3. The van der Waals surface area contributed by atoms with Crippen molar-refractivity contribution in [2.75, 3.05) is 7.11 Å². The second-order valence-electron chi connectivity index (χ2n) is 4.94. The zero-order chi connectivity index (χ0) is 14.8. The van der Waals surface area contributed by atoms with Crippen LogP contribution in [0.1, 0.15) is 17.2 Å². The molecule has 0 fully saturated rings. The average molecular weight is 281 g/mol. The van der Waals surface area contributed by atoms with Crippen molar-refractivity contribution < 1.29 is 9.13 Å². The highest BCUT2D eigenvalue weighted by Crippen LogP contribution is 2.33. The van der Waals surface area contributed by atoms with Gasteiger partial charge in [-0.15, -0.1) is 0 Å². The van der Waals surface area contributed by atoms with Gasteiger partial charge in [-0.25, -0.2) is 4.39 Å². The molecular weight excluding hydrogens is 265 g/mol. The van der Waals surface area contributed by atoms with E-state index in [0.717, 1.165) is 27.6 Å². The minimum Gasteiger partial charge on any atom is -0.496 e. The molecule has 2 N–H and O–H groups in total. The normalized spacial score (nSPS) is 12.3. The summed E-state index contributed by atoms with van der Waals surface area (Å²) in [5.74, 6) is 0.529. The van der Waals surface area contributed by atoms with Gasteiger partial charge in [0.2, 0.25) is 0 Å². The van der Waals surface area contributed by atoms with Gasteiger partial charge in [0.15, 0.2) is 0 Å². The molecule has 3 rings (SSSR count). The zero-order valence-corrected chi connectivity index (χ0v) is 11.7. The smallest absolute Gasteiger partial charge is 0.126 e. The predicted molar refractivity (Wildman–Crippen MR) is 82.9 cm³/mol. The summed E-state index contributed by atoms with van der Waals surface area (Å²) in [5, 5.41) is 2.03. The molecule has 0 radical (unpaired) electrons. The van der Waals surface area contributed by atoms with Gasteiger partial charge in [-0.2, -0.15) is 0 Å². The zero-order valence-electron chi connectivity index (χ0n) is 11.7. The largest absolute Gasteiger partial charge is 0.496 e. The van der Waals surface area contributed by atoms with Crippen molar-refractivity contribution >= 4 is 10.8 Å².